The number of piperidine rings is 5. The number of hydrogen-bond donors (Lipinski definition) is 0. The summed E-state index contributed by atoms with van der Waals surface area (Å²) in [6.45, 7) is 37.4. The summed E-state index contributed by atoms with van der Waals surface area (Å²) in [5.74, 6) is 9.33. The first-order valence-corrected chi connectivity index (χ1v) is 41.2. The molecule has 106 heavy (non-hydrogen) atoms. The number of nitrogens with zero attached hydrogens (tertiary/aromatic N) is 8. The van der Waals surface area contributed by atoms with Gasteiger partial charge in [0.1, 0.15) is 28.7 Å². The Balaban J connectivity index is 0.000000185. The normalized spacial score (nSPS) is 21.0. The van der Waals surface area contributed by atoms with Gasteiger partial charge >= 0.3 is 0 Å². The van der Waals surface area contributed by atoms with Crippen molar-refractivity contribution >= 4 is 11.6 Å². The number of carbonyl (C=O) groups is 2. The zero-order chi connectivity index (χ0) is 75.5. The Labute approximate surface area is 640 Å². The van der Waals surface area contributed by atoms with E-state index in [9.17, 15) is 9.59 Å². The highest BCUT2D eigenvalue weighted by Crippen LogP contribution is 2.30. The van der Waals surface area contributed by atoms with E-state index < -0.39 is 0 Å². The first-order valence-electron chi connectivity index (χ1n) is 41.2. The minimum absolute atomic E-state index is 0.181. The number of ether oxygens (including phenoxy) is 5. The van der Waals surface area contributed by atoms with Crippen LogP contribution in [0.2, 0.25) is 0 Å². The summed E-state index contributed by atoms with van der Waals surface area (Å²) < 4.78 is 28.8. The molecule has 5 aromatic carbocycles. The van der Waals surface area contributed by atoms with E-state index in [1.54, 1.807) is 36.4 Å². The Morgan fingerprint density at radius 2 is 0.726 bits per heavy atom. The topological polar surface area (TPSA) is 168 Å². The summed E-state index contributed by atoms with van der Waals surface area (Å²) >= 11 is 0. The molecule has 5 aliphatic heterocycles. The molecular formula is C91H132N8O7. The fraction of sp³-hybridized carbons (Fsp3) is 0.615. The van der Waals surface area contributed by atoms with E-state index in [0.29, 0.717) is 41.0 Å². The van der Waals surface area contributed by atoms with Gasteiger partial charge in [0, 0.05) is 94.5 Å². The van der Waals surface area contributed by atoms with Crippen LogP contribution >= 0.6 is 0 Å². The van der Waals surface area contributed by atoms with E-state index in [0.717, 1.165) is 180 Å². The molecule has 5 heterocycles. The van der Waals surface area contributed by atoms with E-state index in [4.69, 9.17) is 39.5 Å². The first kappa shape index (κ1) is 86.0. The Morgan fingerprint density at radius 3 is 1.09 bits per heavy atom. The molecule has 0 aromatic heterocycles. The highest BCUT2D eigenvalue weighted by Gasteiger charge is 2.27. The lowest BCUT2D eigenvalue weighted by molar-refractivity contribution is 0.0922. The van der Waals surface area contributed by atoms with Crippen molar-refractivity contribution in [3.05, 3.63) is 149 Å². The molecule has 0 unspecified atom stereocenters. The third-order valence-electron chi connectivity index (χ3n) is 22.3. The molecule has 5 saturated heterocycles. The van der Waals surface area contributed by atoms with Gasteiger partial charge in [0.25, 0.3) is 0 Å². The Morgan fingerprint density at radius 1 is 0.377 bits per heavy atom. The maximum atomic E-state index is 12.3. The van der Waals surface area contributed by atoms with Crippen molar-refractivity contribution in [2.75, 3.05) is 118 Å². The quantitative estimate of drug-likeness (QED) is 0.0303. The standard InChI is InChI=1S/C20H29NO2.2C18H26N2O.C18H27NO2.C17H24N2O/c22-20(17-7-2-3-8-17)18-9-11-19(12-10-18)23-16-6-15-21-13-4-1-5-14-21;2*1-3-16-6-5-15(2)20(14-16)11-4-12-21-18-9-7-17(13-19)8-10-18;1-3-18(20)16-5-7-17(8-6-16)21-14-4-11-19-12-9-15(2)10-13-19;1-14-10-15(2)13-19(12-14)8-3-9-20-17-6-4-16(11-18)5-7-17/h9-12,17H,1-8,13-16H2;2*7-10,15-16H,3-6,11-12,14H2,1-2H3;5-8,15H,3-4,9-14H2,1-2H3;4-7,14-15H,3,8-10,12-13H2,1-2H3/t;15-,16+;15-,16-;;14-,15+/m.00../s1. The van der Waals surface area contributed by atoms with Crippen molar-refractivity contribution in [1.82, 2.24) is 24.5 Å². The molecule has 15 heteroatoms. The number of benzene rings is 5. The van der Waals surface area contributed by atoms with Crippen LogP contribution in [0.25, 0.3) is 0 Å². The number of likely N-dealkylation sites (tertiary alicyclic amines) is 5. The molecule has 0 bridgehead atoms. The van der Waals surface area contributed by atoms with Gasteiger partial charge in [-0.25, -0.2) is 0 Å². The van der Waals surface area contributed by atoms with Crippen molar-refractivity contribution in [2.45, 2.75) is 209 Å². The van der Waals surface area contributed by atoms with Gasteiger partial charge in [-0.15, -0.1) is 0 Å². The predicted octanol–water partition coefficient (Wildman–Crippen LogP) is 19.1. The van der Waals surface area contributed by atoms with Gasteiger partial charge in [0.05, 0.1) is 67.9 Å². The largest absolute Gasteiger partial charge is 0.494 e. The summed E-state index contributed by atoms with van der Waals surface area (Å²) in [5, 5.41) is 26.2. The van der Waals surface area contributed by atoms with E-state index >= 15 is 0 Å². The van der Waals surface area contributed by atoms with Gasteiger partial charge in [-0.05, 0) is 294 Å². The Bertz CT molecular complexity index is 3230. The molecule has 6 atom stereocenters. The van der Waals surface area contributed by atoms with Gasteiger partial charge in [-0.3, -0.25) is 9.59 Å². The molecule has 15 nitrogen and oxygen atoms in total. The highest BCUT2D eigenvalue weighted by molar-refractivity contribution is 5.98. The van der Waals surface area contributed by atoms with Gasteiger partial charge in [0.2, 0.25) is 0 Å². The molecule has 6 fully saturated rings. The van der Waals surface area contributed by atoms with Crippen LogP contribution in [0, 0.1) is 69.5 Å². The molecule has 5 aromatic rings. The van der Waals surface area contributed by atoms with Crippen LogP contribution in [-0.4, -0.2) is 166 Å². The maximum absolute atomic E-state index is 12.3. The number of carbonyl (C=O) groups excluding carboxylic acids is 2. The summed E-state index contributed by atoms with van der Waals surface area (Å²) in [6, 6.07) is 45.0. The predicted molar refractivity (Wildman–Crippen MR) is 430 cm³/mol. The third-order valence-corrected chi connectivity index (χ3v) is 22.3. The number of hydrogen-bond acceptors (Lipinski definition) is 15. The fourth-order valence-corrected chi connectivity index (χ4v) is 15.6. The van der Waals surface area contributed by atoms with Crippen LogP contribution in [0.3, 0.4) is 0 Å². The van der Waals surface area contributed by atoms with Crippen LogP contribution in [0.5, 0.6) is 28.7 Å². The second-order valence-corrected chi connectivity index (χ2v) is 31.1. The van der Waals surface area contributed by atoms with Crippen LogP contribution < -0.4 is 23.7 Å². The summed E-state index contributed by atoms with van der Waals surface area (Å²) in [4.78, 5) is 36.7. The van der Waals surface area contributed by atoms with Gasteiger partial charge < -0.3 is 48.2 Å². The number of rotatable bonds is 31. The van der Waals surface area contributed by atoms with Crippen molar-refractivity contribution in [3.8, 4) is 47.0 Å². The summed E-state index contributed by atoms with van der Waals surface area (Å²) in [5.41, 5.74) is 3.64. The van der Waals surface area contributed by atoms with Crippen LogP contribution in [-0.2, 0) is 0 Å². The second-order valence-electron chi connectivity index (χ2n) is 31.1. The van der Waals surface area contributed by atoms with E-state index in [2.05, 4.69) is 91.2 Å². The van der Waals surface area contributed by atoms with E-state index in [1.165, 1.54) is 142 Å². The van der Waals surface area contributed by atoms with Gasteiger partial charge in [0.15, 0.2) is 11.6 Å². The van der Waals surface area contributed by atoms with Gasteiger partial charge in [-0.1, -0.05) is 73.6 Å². The Kier molecular flexibility index (Phi) is 40.2. The molecular weight excluding hydrogens is 1320 g/mol. The molecule has 6 aliphatic rings. The Hall–Kier alpha value is -7.29. The minimum Gasteiger partial charge on any atom is -0.494 e. The van der Waals surface area contributed by atoms with Gasteiger partial charge in [-0.2, -0.15) is 15.8 Å². The summed E-state index contributed by atoms with van der Waals surface area (Å²) in [6.07, 6.45) is 26.5. The molecule has 578 valence electrons. The van der Waals surface area contributed by atoms with Crippen molar-refractivity contribution in [3.63, 3.8) is 0 Å². The zero-order valence-electron chi connectivity index (χ0n) is 66.4. The monoisotopic (exact) mass is 1450 g/mol. The van der Waals surface area contributed by atoms with Crippen molar-refractivity contribution in [2.24, 2.45) is 35.5 Å². The minimum atomic E-state index is 0.181. The maximum Gasteiger partial charge on any atom is 0.165 e. The lowest BCUT2D eigenvalue weighted by Gasteiger charge is -2.37. The smallest absolute Gasteiger partial charge is 0.165 e. The first-order chi connectivity index (χ1) is 51.6. The summed E-state index contributed by atoms with van der Waals surface area (Å²) in [7, 11) is 0. The lowest BCUT2D eigenvalue weighted by Crippen LogP contribution is -2.42. The second kappa shape index (κ2) is 49.6. The number of ketones is 2. The van der Waals surface area contributed by atoms with Crippen LogP contribution in [0.4, 0.5) is 0 Å². The average Bonchev–Trinajstić information content (AvgIpc) is 1.37. The van der Waals surface area contributed by atoms with E-state index in [-0.39, 0.29) is 11.7 Å². The van der Waals surface area contributed by atoms with Crippen molar-refractivity contribution < 1.29 is 33.3 Å². The zero-order valence-corrected chi connectivity index (χ0v) is 66.4. The molecule has 11 rings (SSSR count). The SMILES string of the molecule is CCC(=O)c1ccc(OCCCN2CCC(C)CC2)cc1.CC[C@@H]1CC[C@H](C)N(CCCOc2ccc(C#N)cc2)C1.CC[C@H]1CC[C@H](C)N(CCCOc2ccc(C#N)cc2)C1.C[C@@H]1C[C@H](C)CN(CCCOc2ccc(C#N)cc2)C1.O=C(c1ccc(OCCCN2CCCCC2)cc1)C1CCCC1. The number of Topliss-reactive ketones (excluding diaryl/α,β-unsaturated/α-hetero) is 2. The molecule has 0 radical (unpaired) electrons. The lowest BCUT2D eigenvalue weighted by atomic mass is 9.91. The highest BCUT2D eigenvalue weighted by atomic mass is 16.5. The van der Waals surface area contributed by atoms with E-state index in [1.807, 2.05) is 91.9 Å². The fourth-order valence-electron chi connectivity index (χ4n) is 15.6. The molecule has 1 saturated carbocycles. The average molecular weight is 1450 g/mol. The van der Waals surface area contributed by atoms with Crippen LogP contribution in [0.1, 0.15) is 234 Å². The molecule has 0 N–H and O–H groups in total. The molecule has 1 aliphatic carbocycles. The van der Waals surface area contributed by atoms with Crippen LogP contribution in [0.15, 0.2) is 121 Å². The molecule has 0 amide bonds. The molecule has 0 spiro atoms. The number of nitriles is 3. The van der Waals surface area contributed by atoms with Crippen molar-refractivity contribution in [1.29, 1.82) is 15.8 Å². The third kappa shape index (κ3) is 32.7.